The van der Waals surface area contributed by atoms with Crippen LogP contribution in [0.15, 0.2) is 179 Å². The Hall–Kier alpha value is -7.04. The summed E-state index contributed by atoms with van der Waals surface area (Å²) in [5.41, 5.74) is 16.9. The maximum Gasteiger partial charge on any atom is 0.227 e. The number of benzene rings is 8. The predicted molar refractivity (Wildman–Crippen MR) is 225 cm³/mol. The second kappa shape index (κ2) is 11.2. The summed E-state index contributed by atoms with van der Waals surface area (Å²) in [5.74, 6) is 1.11. The van der Waals surface area contributed by atoms with E-state index in [9.17, 15) is 0 Å². The minimum Gasteiger partial charge on any atom is -0.436 e. The van der Waals surface area contributed by atoms with Gasteiger partial charge in [-0.1, -0.05) is 123 Å². The molecule has 2 aromatic heterocycles. The molecule has 0 N–H and O–H groups in total. The van der Waals surface area contributed by atoms with Crippen molar-refractivity contribution in [2.24, 2.45) is 0 Å². The Labute approximate surface area is 323 Å². The van der Waals surface area contributed by atoms with Gasteiger partial charge in [0.2, 0.25) is 11.8 Å². The molecular weight excluding hydrogens is 685 g/mol. The number of rotatable bonds is 3. The maximum atomic E-state index is 6.35. The van der Waals surface area contributed by atoms with Crippen LogP contribution in [0.5, 0.6) is 0 Å². The number of oxazole rings is 2. The first-order chi connectivity index (χ1) is 27.5. The van der Waals surface area contributed by atoms with Crippen LogP contribution in [0, 0.1) is 0 Å². The standard InChI is InChI=1S/C52H34N2O2/c1-51(2)40-15-5-7-17-42(40)52(43-18-8-6-16-41(43)51)39-24-23-33(29-37(39)38-28-31-13-3-4-14-32(31)30-44(38)52)34-25-35(49-53-45-19-9-11-21-47(45)55-49)27-36(26-34)50-54-46-20-10-12-22-48(46)56-50/h3-30H,1-2H3. The number of hydrogen-bond acceptors (Lipinski definition) is 4. The van der Waals surface area contributed by atoms with E-state index in [4.69, 9.17) is 18.8 Å². The molecule has 4 heteroatoms. The Morgan fingerprint density at radius 1 is 0.375 bits per heavy atom. The molecule has 2 aliphatic carbocycles. The van der Waals surface area contributed by atoms with Gasteiger partial charge < -0.3 is 8.83 Å². The molecule has 0 aliphatic heterocycles. The number of hydrogen-bond donors (Lipinski definition) is 0. The molecule has 0 fully saturated rings. The van der Waals surface area contributed by atoms with Crippen molar-refractivity contribution in [3.8, 4) is 45.2 Å². The second-order valence-electron chi connectivity index (χ2n) is 15.7. The molecule has 1 spiro atoms. The van der Waals surface area contributed by atoms with Crippen molar-refractivity contribution in [3.05, 3.63) is 203 Å². The van der Waals surface area contributed by atoms with E-state index >= 15 is 0 Å². The largest absolute Gasteiger partial charge is 0.436 e. The van der Waals surface area contributed by atoms with E-state index in [-0.39, 0.29) is 5.41 Å². The Balaban J connectivity index is 1.13. The van der Waals surface area contributed by atoms with E-state index in [1.807, 2.05) is 48.5 Å². The van der Waals surface area contributed by atoms with E-state index in [1.165, 1.54) is 55.3 Å². The van der Waals surface area contributed by atoms with E-state index in [1.54, 1.807) is 0 Å². The first-order valence-electron chi connectivity index (χ1n) is 19.2. The van der Waals surface area contributed by atoms with E-state index < -0.39 is 5.41 Å². The highest BCUT2D eigenvalue weighted by Gasteiger charge is 2.53. The molecule has 0 saturated carbocycles. The van der Waals surface area contributed by atoms with Crippen molar-refractivity contribution in [2.45, 2.75) is 24.7 Å². The SMILES string of the molecule is CC1(C)c2ccccc2C2(c3ccc(-c4cc(-c5nc6ccccc6o5)cc(-c5nc6ccccc6o5)c4)cc3-c3cc4ccccc4cc32)c2ccccc21. The Morgan fingerprint density at radius 3 is 1.45 bits per heavy atom. The monoisotopic (exact) mass is 718 g/mol. The Bertz CT molecular complexity index is 3050. The Morgan fingerprint density at radius 2 is 0.857 bits per heavy atom. The van der Waals surface area contributed by atoms with Gasteiger partial charge in [-0.3, -0.25) is 0 Å². The zero-order valence-electron chi connectivity index (χ0n) is 30.9. The van der Waals surface area contributed by atoms with E-state index in [0.717, 1.165) is 44.5 Å². The molecule has 2 aliphatic rings. The molecule has 0 radical (unpaired) electrons. The third-order valence-corrected chi connectivity index (χ3v) is 12.4. The van der Waals surface area contributed by atoms with Crippen LogP contribution in [-0.4, -0.2) is 9.97 Å². The molecule has 0 atom stereocenters. The lowest BCUT2D eigenvalue weighted by atomic mass is 9.55. The number of fused-ring (bicyclic) bond motifs is 12. The van der Waals surface area contributed by atoms with Gasteiger partial charge in [-0.2, -0.15) is 0 Å². The van der Waals surface area contributed by atoms with Crippen LogP contribution in [0.2, 0.25) is 0 Å². The van der Waals surface area contributed by atoms with Gasteiger partial charge in [0.15, 0.2) is 11.2 Å². The quantitative estimate of drug-likeness (QED) is 0.182. The van der Waals surface area contributed by atoms with Gasteiger partial charge in [0, 0.05) is 16.5 Å². The smallest absolute Gasteiger partial charge is 0.227 e. The zero-order chi connectivity index (χ0) is 37.2. The first kappa shape index (κ1) is 31.3. The molecular formula is C52H34N2O2. The predicted octanol–water partition coefficient (Wildman–Crippen LogP) is 13.1. The minimum atomic E-state index is -0.487. The summed E-state index contributed by atoms with van der Waals surface area (Å²) < 4.78 is 12.7. The summed E-state index contributed by atoms with van der Waals surface area (Å²) in [4.78, 5) is 9.81. The first-order valence-corrected chi connectivity index (χ1v) is 19.2. The summed E-state index contributed by atoms with van der Waals surface area (Å²) in [7, 11) is 0. The number of nitrogens with zero attached hydrogens (tertiary/aromatic N) is 2. The molecule has 0 amide bonds. The van der Waals surface area contributed by atoms with Crippen LogP contribution >= 0.6 is 0 Å². The number of para-hydroxylation sites is 4. The highest BCUT2D eigenvalue weighted by Crippen LogP contribution is 2.63. The molecule has 56 heavy (non-hydrogen) atoms. The molecule has 8 aromatic carbocycles. The third kappa shape index (κ3) is 4.24. The van der Waals surface area contributed by atoms with Crippen molar-refractivity contribution in [1.82, 2.24) is 9.97 Å². The fourth-order valence-corrected chi connectivity index (χ4v) is 9.81. The lowest BCUT2D eigenvalue weighted by Gasteiger charge is -2.46. The van der Waals surface area contributed by atoms with Crippen LogP contribution < -0.4 is 0 Å². The normalized spacial score (nSPS) is 14.5. The second-order valence-corrected chi connectivity index (χ2v) is 15.7. The van der Waals surface area contributed by atoms with Gasteiger partial charge >= 0.3 is 0 Å². The summed E-state index contributed by atoms with van der Waals surface area (Å²) in [6.45, 7) is 4.74. The zero-order valence-corrected chi connectivity index (χ0v) is 30.9. The molecule has 0 saturated heterocycles. The van der Waals surface area contributed by atoms with Crippen molar-refractivity contribution in [2.75, 3.05) is 0 Å². The van der Waals surface area contributed by atoms with Crippen LogP contribution in [0.4, 0.5) is 0 Å². The Kier molecular flexibility index (Phi) is 6.29. The van der Waals surface area contributed by atoms with Crippen molar-refractivity contribution >= 4 is 33.0 Å². The number of aromatic nitrogens is 2. The van der Waals surface area contributed by atoms with Crippen LogP contribution in [0.3, 0.4) is 0 Å². The molecule has 264 valence electrons. The molecule has 0 unspecified atom stereocenters. The highest BCUT2D eigenvalue weighted by molar-refractivity contribution is 5.98. The van der Waals surface area contributed by atoms with Crippen LogP contribution in [0.1, 0.15) is 47.2 Å². The van der Waals surface area contributed by atoms with Gasteiger partial charge in [-0.25, -0.2) is 9.97 Å². The minimum absolute atomic E-state index is 0.162. The molecule has 12 rings (SSSR count). The molecule has 4 nitrogen and oxygen atoms in total. The van der Waals surface area contributed by atoms with Gasteiger partial charge in [0.1, 0.15) is 11.0 Å². The lowest BCUT2D eigenvalue weighted by Crippen LogP contribution is -2.40. The van der Waals surface area contributed by atoms with E-state index in [2.05, 4.69) is 135 Å². The van der Waals surface area contributed by atoms with Crippen LogP contribution in [-0.2, 0) is 10.8 Å². The van der Waals surface area contributed by atoms with Gasteiger partial charge in [-0.05, 0) is 127 Å². The fraction of sp³-hybridized carbons (Fsp3) is 0.0769. The van der Waals surface area contributed by atoms with E-state index in [0.29, 0.717) is 11.8 Å². The summed E-state index contributed by atoms with van der Waals surface area (Å²) in [6.07, 6.45) is 0. The van der Waals surface area contributed by atoms with Gasteiger partial charge in [0.05, 0.1) is 5.41 Å². The van der Waals surface area contributed by atoms with Crippen LogP contribution in [0.25, 0.3) is 78.1 Å². The highest BCUT2D eigenvalue weighted by atomic mass is 16.4. The molecule has 2 heterocycles. The van der Waals surface area contributed by atoms with Crippen molar-refractivity contribution < 1.29 is 8.83 Å². The summed E-state index contributed by atoms with van der Waals surface area (Å²) in [6, 6.07) is 61.1. The average molecular weight is 719 g/mol. The van der Waals surface area contributed by atoms with Crippen molar-refractivity contribution in [1.29, 1.82) is 0 Å². The third-order valence-electron chi connectivity index (χ3n) is 12.4. The lowest BCUT2D eigenvalue weighted by molar-refractivity contribution is 0.563. The maximum absolute atomic E-state index is 6.35. The molecule has 0 bridgehead atoms. The molecule has 10 aromatic rings. The average Bonchev–Trinajstić information content (AvgIpc) is 3.95. The summed E-state index contributed by atoms with van der Waals surface area (Å²) >= 11 is 0. The topological polar surface area (TPSA) is 52.1 Å². The summed E-state index contributed by atoms with van der Waals surface area (Å²) in [5, 5.41) is 2.47. The fourth-order valence-electron chi connectivity index (χ4n) is 9.81. The van der Waals surface area contributed by atoms with Gasteiger partial charge in [0.25, 0.3) is 0 Å². The van der Waals surface area contributed by atoms with Gasteiger partial charge in [-0.15, -0.1) is 0 Å². The van der Waals surface area contributed by atoms with Crippen molar-refractivity contribution in [3.63, 3.8) is 0 Å².